The number of ether oxygens (including phenoxy) is 3. The maximum atomic E-state index is 13.3. The van der Waals surface area contributed by atoms with Crippen LogP contribution in [-0.2, 0) is 20.7 Å². The van der Waals surface area contributed by atoms with E-state index in [0.717, 1.165) is 5.56 Å². The molecule has 0 aliphatic rings. The molecule has 1 heterocycles. The van der Waals surface area contributed by atoms with Crippen LogP contribution in [-0.4, -0.2) is 53.9 Å². The van der Waals surface area contributed by atoms with Crippen molar-refractivity contribution in [3.8, 4) is 11.5 Å². The molecule has 8 nitrogen and oxygen atoms in total. The monoisotopic (exact) mass is 462 g/mol. The quantitative estimate of drug-likeness (QED) is 0.522. The summed E-state index contributed by atoms with van der Waals surface area (Å²) in [5, 5.41) is 12.6. The summed E-state index contributed by atoms with van der Waals surface area (Å²) >= 11 is 0. The fourth-order valence-electron chi connectivity index (χ4n) is 3.46. The van der Waals surface area contributed by atoms with E-state index in [9.17, 15) is 19.1 Å². The van der Waals surface area contributed by atoms with Gasteiger partial charge in [0.25, 0.3) is 5.91 Å². The molecule has 1 amide bonds. The van der Waals surface area contributed by atoms with Gasteiger partial charge in [-0.15, -0.1) is 0 Å². The number of benzene rings is 1. The number of esters is 1. The van der Waals surface area contributed by atoms with E-state index in [1.54, 1.807) is 26.2 Å². The smallest absolute Gasteiger partial charge is 0.328 e. The lowest BCUT2D eigenvalue weighted by molar-refractivity contribution is -0.159. The van der Waals surface area contributed by atoms with Crippen LogP contribution in [0.5, 0.6) is 11.5 Å². The maximum absolute atomic E-state index is 13.3. The molecule has 2 N–H and O–H groups in total. The molecule has 2 aromatic rings. The summed E-state index contributed by atoms with van der Waals surface area (Å²) in [5.74, 6) is -2.33. The molecule has 0 radical (unpaired) electrons. The molecule has 0 unspecified atom stereocenters. The zero-order valence-corrected chi connectivity index (χ0v) is 19.7. The zero-order valence-electron chi connectivity index (χ0n) is 19.7. The van der Waals surface area contributed by atoms with E-state index in [1.165, 1.54) is 38.4 Å². The molecule has 9 heteroatoms. The van der Waals surface area contributed by atoms with Crippen molar-refractivity contribution in [2.45, 2.75) is 51.9 Å². The number of amides is 1. The SMILES string of the molecule is COc1ccnc(C(=O)N[C@@H](C)C(=O)O[C@@H](C)[C@H](Cc2ccc(F)cc2)C(C)(C)OC)c1O. The van der Waals surface area contributed by atoms with Gasteiger partial charge in [-0.3, -0.25) is 4.79 Å². The minimum atomic E-state index is -1.01. The lowest BCUT2D eigenvalue weighted by Gasteiger charge is -2.37. The van der Waals surface area contributed by atoms with Gasteiger partial charge >= 0.3 is 5.97 Å². The third-order valence-electron chi connectivity index (χ3n) is 5.68. The van der Waals surface area contributed by atoms with Crippen LogP contribution in [0.25, 0.3) is 0 Å². The number of carbonyl (C=O) groups excluding carboxylic acids is 2. The molecule has 1 aromatic carbocycles. The van der Waals surface area contributed by atoms with Crippen molar-refractivity contribution in [2.24, 2.45) is 5.92 Å². The number of carbonyl (C=O) groups is 2. The van der Waals surface area contributed by atoms with Crippen LogP contribution < -0.4 is 10.1 Å². The van der Waals surface area contributed by atoms with Crippen molar-refractivity contribution >= 4 is 11.9 Å². The number of nitrogens with one attached hydrogen (secondary N) is 1. The molecule has 33 heavy (non-hydrogen) atoms. The molecule has 2 rings (SSSR count). The molecule has 1 aromatic heterocycles. The number of aromatic hydroxyl groups is 1. The molecule has 3 atom stereocenters. The minimum absolute atomic E-state index is 0.0874. The molecule has 180 valence electrons. The van der Waals surface area contributed by atoms with Gasteiger partial charge in [-0.25, -0.2) is 14.2 Å². The largest absolute Gasteiger partial charge is 0.503 e. The first-order valence-electron chi connectivity index (χ1n) is 10.5. The van der Waals surface area contributed by atoms with Gasteiger partial charge in [-0.2, -0.15) is 0 Å². The van der Waals surface area contributed by atoms with Crippen molar-refractivity contribution in [1.82, 2.24) is 10.3 Å². The number of methoxy groups -OCH3 is 2. The highest BCUT2D eigenvalue weighted by molar-refractivity contribution is 5.97. The van der Waals surface area contributed by atoms with Crippen molar-refractivity contribution in [3.63, 3.8) is 0 Å². The summed E-state index contributed by atoms with van der Waals surface area (Å²) in [4.78, 5) is 29.1. The Morgan fingerprint density at radius 2 is 1.79 bits per heavy atom. The Labute approximate surface area is 193 Å². The third kappa shape index (κ3) is 6.64. The average Bonchev–Trinajstić information content (AvgIpc) is 2.78. The molecule has 0 aliphatic heterocycles. The summed E-state index contributed by atoms with van der Waals surface area (Å²) in [6.07, 6.45) is 1.21. The fraction of sp³-hybridized carbons (Fsp3) is 0.458. The highest BCUT2D eigenvalue weighted by Gasteiger charge is 2.36. The van der Waals surface area contributed by atoms with Gasteiger partial charge in [0, 0.05) is 25.3 Å². The summed E-state index contributed by atoms with van der Waals surface area (Å²) < 4.78 is 29.5. The van der Waals surface area contributed by atoms with E-state index in [1.807, 2.05) is 13.8 Å². The van der Waals surface area contributed by atoms with E-state index in [4.69, 9.17) is 14.2 Å². The fourth-order valence-corrected chi connectivity index (χ4v) is 3.46. The Bertz CT molecular complexity index is 964. The van der Waals surface area contributed by atoms with E-state index in [-0.39, 0.29) is 23.2 Å². The number of pyridine rings is 1. The van der Waals surface area contributed by atoms with Gasteiger partial charge in [0.1, 0.15) is 18.0 Å². The lowest BCUT2D eigenvalue weighted by atomic mass is 9.81. The standard InChI is InChI=1S/C24H31FN2O6/c1-14(27-22(29)20-21(28)19(31-5)11-12-26-20)23(30)33-15(2)18(24(3,4)32-6)13-16-7-9-17(25)10-8-16/h7-12,14-15,18,28H,13H2,1-6H3,(H,27,29)/t14-,15-,18-/m0/s1. The minimum Gasteiger partial charge on any atom is -0.503 e. The number of hydrogen-bond acceptors (Lipinski definition) is 7. The zero-order chi connectivity index (χ0) is 24.8. The van der Waals surface area contributed by atoms with Gasteiger partial charge in [0.05, 0.1) is 12.7 Å². The first-order chi connectivity index (χ1) is 15.5. The van der Waals surface area contributed by atoms with Gasteiger partial charge in [0.15, 0.2) is 17.2 Å². The van der Waals surface area contributed by atoms with Gasteiger partial charge in [0.2, 0.25) is 0 Å². The molecular formula is C24H31FN2O6. The van der Waals surface area contributed by atoms with Gasteiger partial charge in [-0.05, 0) is 51.8 Å². The van der Waals surface area contributed by atoms with Crippen molar-refractivity contribution in [3.05, 3.63) is 53.6 Å². The van der Waals surface area contributed by atoms with E-state index < -0.39 is 35.4 Å². The average molecular weight is 463 g/mol. The predicted molar refractivity (Wildman–Crippen MR) is 120 cm³/mol. The second-order valence-electron chi connectivity index (χ2n) is 8.29. The number of aromatic nitrogens is 1. The highest BCUT2D eigenvalue weighted by Crippen LogP contribution is 2.30. The summed E-state index contributed by atoms with van der Waals surface area (Å²) in [5.41, 5.74) is -0.0521. The lowest BCUT2D eigenvalue weighted by Crippen LogP contribution is -2.46. The predicted octanol–water partition coefficient (Wildman–Crippen LogP) is 3.27. The number of halogens is 1. The van der Waals surface area contributed by atoms with Crippen LogP contribution >= 0.6 is 0 Å². The Kier molecular flexibility index (Phi) is 8.76. The molecule has 0 saturated carbocycles. The van der Waals surface area contributed by atoms with Crippen LogP contribution in [0.4, 0.5) is 4.39 Å². The van der Waals surface area contributed by atoms with Crippen LogP contribution in [0, 0.1) is 11.7 Å². The highest BCUT2D eigenvalue weighted by atomic mass is 19.1. The normalized spacial score (nSPS) is 14.2. The first-order valence-corrected chi connectivity index (χ1v) is 10.5. The molecular weight excluding hydrogens is 431 g/mol. The maximum Gasteiger partial charge on any atom is 0.328 e. The Balaban J connectivity index is 2.10. The number of hydrogen-bond donors (Lipinski definition) is 2. The second-order valence-corrected chi connectivity index (χ2v) is 8.29. The molecule has 0 fully saturated rings. The Hall–Kier alpha value is -3.20. The first kappa shape index (κ1) is 26.1. The third-order valence-corrected chi connectivity index (χ3v) is 5.68. The summed E-state index contributed by atoms with van der Waals surface area (Å²) in [6.45, 7) is 6.99. The van der Waals surface area contributed by atoms with Crippen molar-refractivity contribution in [2.75, 3.05) is 14.2 Å². The van der Waals surface area contributed by atoms with Crippen LogP contribution in [0.15, 0.2) is 36.5 Å². The van der Waals surface area contributed by atoms with Crippen molar-refractivity contribution < 1.29 is 33.3 Å². The molecule has 0 spiro atoms. The molecule has 0 bridgehead atoms. The number of rotatable bonds is 10. The van der Waals surface area contributed by atoms with E-state index in [0.29, 0.717) is 6.42 Å². The van der Waals surface area contributed by atoms with Crippen molar-refractivity contribution in [1.29, 1.82) is 0 Å². The molecule has 0 saturated heterocycles. The Morgan fingerprint density at radius 1 is 1.15 bits per heavy atom. The topological polar surface area (TPSA) is 107 Å². The second kappa shape index (κ2) is 11.1. The number of nitrogens with zero attached hydrogens (tertiary/aromatic N) is 1. The van der Waals surface area contributed by atoms with Gasteiger partial charge in [-0.1, -0.05) is 12.1 Å². The summed E-state index contributed by atoms with van der Waals surface area (Å²) in [6, 6.07) is 6.51. The van der Waals surface area contributed by atoms with Crippen LogP contribution in [0.1, 0.15) is 43.7 Å². The molecule has 0 aliphatic carbocycles. The van der Waals surface area contributed by atoms with Gasteiger partial charge < -0.3 is 24.6 Å². The summed E-state index contributed by atoms with van der Waals surface area (Å²) in [7, 11) is 2.92. The van der Waals surface area contributed by atoms with E-state index in [2.05, 4.69) is 10.3 Å². The van der Waals surface area contributed by atoms with Crippen LogP contribution in [0.2, 0.25) is 0 Å². The van der Waals surface area contributed by atoms with Crippen LogP contribution in [0.3, 0.4) is 0 Å². The Morgan fingerprint density at radius 3 is 2.36 bits per heavy atom. The van der Waals surface area contributed by atoms with E-state index >= 15 is 0 Å².